The van der Waals surface area contributed by atoms with Gasteiger partial charge in [-0.15, -0.1) is 0 Å². The number of sulfonamides is 1. The third kappa shape index (κ3) is 5.79. The summed E-state index contributed by atoms with van der Waals surface area (Å²) in [5.41, 5.74) is 1.68. The number of hydrogen-bond donors (Lipinski definition) is 1. The van der Waals surface area contributed by atoms with Gasteiger partial charge in [0.1, 0.15) is 11.8 Å². The van der Waals surface area contributed by atoms with Crippen LogP contribution in [-0.4, -0.2) is 57.4 Å². The summed E-state index contributed by atoms with van der Waals surface area (Å²) < 4.78 is 43.7. The molecule has 3 aromatic carbocycles. The van der Waals surface area contributed by atoms with Crippen molar-refractivity contribution in [3.63, 3.8) is 0 Å². The number of hydrogen-bond acceptors (Lipinski definition) is 8. The van der Waals surface area contributed by atoms with Crippen LogP contribution in [0.3, 0.4) is 0 Å². The number of amides is 1. The number of nitrogens with one attached hydrogen (secondary N) is 1. The van der Waals surface area contributed by atoms with E-state index in [9.17, 15) is 22.8 Å². The van der Waals surface area contributed by atoms with E-state index in [1.807, 2.05) is 31.2 Å². The van der Waals surface area contributed by atoms with E-state index in [2.05, 4.69) is 5.32 Å². The van der Waals surface area contributed by atoms with Crippen molar-refractivity contribution in [1.29, 1.82) is 0 Å². The first-order chi connectivity index (χ1) is 18.7. The molecule has 1 aliphatic heterocycles. The quantitative estimate of drug-likeness (QED) is 0.421. The predicted octanol–water partition coefficient (Wildman–Crippen LogP) is 3.41. The fraction of sp³-hybridized carbons (Fsp3) is 0.250. The number of esters is 2. The van der Waals surface area contributed by atoms with Gasteiger partial charge in [-0.05, 0) is 66.9 Å². The average Bonchev–Trinajstić information content (AvgIpc) is 2.96. The third-order valence-corrected chi connectivity index (χ3v) is 8.22. The molecule has 0 unspecified atom stereocenters. The van der Waals surface area contributed by atoms with Crippen LogP contribution >= 0.6 is 0 Å². The lowest BCUT2D eigenvalue weighted by atomic mass is 9.95. The number of nitrogens with zero attached hydrogens (tertiary/aromatic N) is 1. The molecule has 0 radical (unpaired) electrons. The van der Waals surface area contributed by atoms with Crippen molar-refractivity contribution in [3.05, 3.63) is 89.0 Å². The van der Waals surface area contributed by atoms with Crippen molar-refractivity contribution >= 4 is 33.6 Å². The molecule has 11 heteroatoms. The Morgan fingerprint density at radius 1 is 0.923 bits per heavy atom. The molecule has 4 rings (SSSR count). The Morgan fingerprint density at radius 2 is 1.59 bits per heavy atom. The lowest BCUT2D eigenvalue weighted by molar-refractivity contribution is -0.120. The van der Waals surface area contributed by atoms with E-state index in [0.29, 0.717) is 12.4 Å². The average molecular weight is 553 g/mol. The first-order valence-corrected chi connectivity index (χ1v) is 13.6. The van der Waals surface area contributed by atoms with Gasteiger partial charge in [-0.1, -0.05) is 24.3 Å². The lowest BCUT2D eigenvalue weighted by Gasteiger charge is -2.35. The SMILES string of the molecule is CCOc1ccc(S(=O)(=O)N2Cc3ccccc3C[C@@H]2C(=O)Nc2cc(C(=O)OC)ccc2C(=O)OC)cc1. The number of fused-ring (bicyclic) bond motifs is 1. The maximum absolute atomic E-state index is 13.8. The molecule has 1 aliphatic rings. The summed E-state index contributed by atoms with van der Waals surface area (Å²) >= 11 is 0. The fourth-order valence-corrected chi connectivity index (χ4v) is 5.95. The second kappa shape index (κ2) is 11.7. The maximum Gasteiger partial charge on any atom is 0.339 e. The van der Waals surface area contributed by atoms with Gasteiger partial charge >= 0.3 is 11.9 Å². The van der Waals surface area contributed by atoms with Gasteiger partial charge in [0.25, 0.3) is 0 Å². The van der Waals surface area contributed by atoms with Gasteiger partial charge in [0.2, 0.25) is 15.9 Å². The highest BCUT2D eigenvalue weighted by atomic mass is 32.2. The smallest absolute Gasteiger partial charge is 0.339 e. The molecule has 0 saturated heterocycles. The minimum atomic E-state index is -4.13. The second-order valence-corrected chi connectivity index (χ2v) is 10.6. The van der Waals surface area contributed by atoms with Crippen molar-refractivity contribution in [2.24, 2.45) is 0 Å². The molecular weight excluding hydrogens is 524 g/mol. The molecule has 1 amide bonds. The van der Waals surface area contributed by atoms with Gasteiger partial charge in [-0.2, -0.15) is 4.31 Å². The topological polar surface area (TPSA) is 128 Å². The normalized spacial score (nSPS) is 15.1. The molecule has 3 aromatic rings. The molecule has 0 saturated carbocycles. The van der Waals surface area contributed by atoms with Crippen LogP contribution in [0.2, 0.25) is 0 Å². The molecule has 0 aromatic heterocycles. The molecule has 1 N–H and O–H groups in total. The summed E-state index contributed by atoms with van der Waals surface area (Å²) in [5, 5.41) is 2.65. The Morgan fingerprint density at radius 3 is 2.23 bits per heavy atom. The van der Waals surface area contributed by atoms with Crippen molar-refractivity contribution < 1.29 is 37.0 Å². The summed E-state index contributed by atoms with van der Waals surface area (Å²) in [6, 6.07) is 16.1. The van der Waals surface area contributed by atoms with Crippen molar-refractivity contribution in [2.75, 3.05) is 26.1 Å². The van der Waals surface area contributed by atoms with Crippen LogP contribution < -0.4 is 10.1 Å². The van der Waals surface area contributed by atoms with E-state index in [4.69, 9.17) is 14.2 Å². The Balaban J connectivity index is 1.73. The number of carbonyl (C=O) groups is 3. The van der Waals surface area contributed by atoms with Crippen molar-refractivity contribution in [1.82, 2.24) is 4.31 Å². The van der Waals surface area contributed by atoms with Gasteiger partial charge in [0.15, 0.2) is 0 Å². The summed E-state index contributed by atoms with van der Waals surface area (Å²) in [6.07, 6.45) is 0.0997. The number of anilines is 1. The highest BCUT2D eigenvalue weighted by molar-refractivity contribution is 7.89. The Hall–Kier alpha value is -4.22. The number of carbonyl (C=O) groups excluding carboxylic acids is 3. The number of benzene rings is 3. The first kappa shape index (κ1) is 27.8. The molecule has 10 nitrogen and oxygen atoms in total. The van der Waals surface area contributed by atoms with E-state index in [0.717, 1.165) is 15.4 Å². The molecule has 1 atom stereocenters. The van der Waals surface area contributed by atoms with E-state index < -0.39 is 33.9 Å². The third-order valence-electron chi connectivity index (χ3n) is 6.35. The highest BCUT2D eigenvalue weighted by Crippen LogP contribution is 2.31. The van der Waals surface area contributed by atoms with Crippen molar-refractivity contribution in [2.45, 2.75) is 30.8 Å². The predicted molar refractivity (Wildman–Crippen MR) is 142 cm³/mol. The second-order valence-electron chi connectivity index (χ2n) is 8.68. The van der Waals surface area contributed by atoms with E-state index in [1.54, 1.807) is 12.1 Å². The maximum atomic E-state index is 13.8. The molecule has 0 bridgehead atoms. The largest absolute Gasteiger partial charge is 0.494 e. The zero-order valence-corrected chi connectivity index (χ0v) is 22.5. The van der Waals surface area contributed by atoms with Crippen LogP contribution in [0.5, 0.6) is 5.75 Å². The zero-order valence-electron chi connectivity index (χ0n) is 21.7. The summed E-state index contributed by atoms with van der Waals surface area (Å²) in [4.78, 5) is 38.2. The number of ether oxygens (including phenoxy) is 3. The highest BCUT2D eigenvalue weighted by Gasteiger charge is 2.40. The minimum absolute atomic E-state index is 0.00404. The number of methoxy groups -OCH3 is 2. The molecule has 0 spiro atoms. The standard InChI is InChI=1S/C28H28N2O8S/c1-4-38-21-10-12-22(13-11-21)39(34,35)30-17-20-8-6-5-7-18(20)16-25(30)26(31)29-24-15-19(27(32)36-2)9-14-23(24)28(33)37-3/h5-15,25H,4,16-17H2,1-3H3,(H,29,31)/t25-/m1/s1. The van der Waals surface area contributed by atoms with Gasteiger partial charge < -0.3 is 19.5 Å². The summed E-state index contributed by atoms with van der Waals surface area (Å²) in [6.45, 7) is 2.23. The minimum Gasteiger partial charge on any atom is -0.494 e. The van der Waals surface area contributed by atoms with Crippen molar-refractivity contribution in [3.8, 4) is 5.75 Å². The zero-order chi connectivity index (χ0) is 28.2. The van der Waals surface area contributed by atoms with Gasteiger partial charge in [-0.25, -0.2) is 18.0 Å². The van der Waals surface area contributed by atoms with Crippen LogP contribution in [0.25, 0.3) is 0 Å². The Bertz CT molecular complexity index is 1500. The molecular formula is C28H28N2O8S. The van der Waals surface area contributed by atoms with Crippen LogP contribution in [0, 0.1) is 0 Å². The van der Waals surface area contributed by atoms with E-state index >= 15 is 0 Å². The van der Waals surface area contributed by atoms with Crippen LogP contribution in [-0.2, 0) is 37.3 Å². The van der Waals surface area contributed by atoms with Crippen LogP contribution in [0.1, 0.15) is 38.8 Å². The first-order valence-electron chi connectivity index (χ1n) is 12.1. The fourth-order valence-electron chi connectivity index (χ4n) is 4.38. The Labute approximate surface area is 226 Å². The van der Waals surface area contributed by atoms with Gasteiger partial charge in [0, 0.05) is 6.54 Å². The van der Waals surface area contributed by atoms with Crippen LogP contribution in [0.15, 0.2) is 71.6 Å². The molecule has 1 heterocycles. The molecule has 204 valence electrons. The molecule has 0 aliphatic carbocycles. The van der Waals surface area contributed by atoms with E-state index in [-0.39, 0.29) is 34.7 Å². The number of rotatable bonds is 8. The summed E-state index contributed by atoms with van der Waals surface area (Å²) in [7, 11) is -1.74. The van der Waals surface area contributed by atoms with E-state index in [1.165, 1.54) is 44.6 Å². The lowest BCUT2D eigenvalue weighted by Crippen LogP contribution is -2.50. The van der Waals surface area contributed by atoms with Gasteiger partial charge in [0.05, 0.1) is 42.5 Å². The summed E-state index contributed by atoms with van der Waals surface area (Å²) in [5.74, 6) is -1.57. The monoisotopic (exact) mass is 552 g/mol. The van der Waals surface area contributed by atoms with Crippen LogP contribution in [0.4, 0.5) is 5.69 Å². The van der Waals surface area contributed by atoms with Gasteiger partial charge in [-0.3, -0.25) is 4.79 Å². The Kier molecular flexibility index (Phi) is 8.32. The molecule has 0 fully saturated rings. The molecule has 39 heavy (non-hydrogen) atoms.